The third-order valence-electron chi connectivity index (χ3n) is 2.68. The van der Waals surface area contributed by atoms with Gasteiger partial charge in [-0.2, -0.15) is 0 Å². The maximum Gasteiger partial charge on any atom is 0.265 e. The Morgan fingerprint density at radius 1 is 1.19 bits per heavy atom. The second-order valence-electron chi connectivity index (χ2n) is 4.33. The van der Waals surface area contributed by atoms with Crippen LogP contribution >= 0.6 is 11.6 Å². The highest BCUT2D eigenvalue weighted by molar-refractivity contribution is 6.30. The van der Waals surface area contributed by atoms with E-state index in [1.807, 2.05) is 0 Å². The van der Waals surface area contributed by atoms with Crippen LogP contribution in [-0.4, -0.2) is 12.0 Å². The summed E-state index contributed by atoms with van der Waals surface area (Å²) in [6.45, 7) is 1.52. The largest absolute Gasteiger partial charge is 0.481 e. The monoisotopic (exact) mass is 311 g/mol. The van der Waals surface area contributed by atoms with Crippen LogP contribution in [0, 0.1) is 11.6 Å². The van der Waals surface area contributed by atoms with Crippen LogP contribution in [0.3, 0.4) is 0 Å². The van der Waals surface area contributed by atoms with Gasteiger partial charge in [0.2, 0.25) is 0 Å². The number of nitrogens with one attached hydrogen (secondary N) is 1. The highest BCUT2D eigenvalue weighted by Gasteiger charge is 2.16. The summed E-state index contributed by atoms with van der Waals surface area (Å²) >= 11 is 5.74. The van der Waals surface area contributed by atoms with E-state index in [2.05, 4.69) is 5.32 Å². The average Bonchev–Trinajstić information content (AvgIpc) is 2.44. The number of anilines is 1. The van der Waals surface area contributed by atoms with Crippen LogP contribution in [0.5, 0.6) is 5.75 Å². The molecule has 0 fully saturated rings. The summed E-state index contributed by atoms with van der Waals surface area (Å²) in [6.07, 6.45) is -0.851. The molecule has 0 aliphatic rings. The smallest absolute Gasteiger partial charge is 0.265 e. The fourth-order valence-corrected chi connectivity index (χ4v) is 1.72. The third-order valence-corrected chi connectivity index (χ3v) is 2.94. The van der Waals surface area contributed by atoms with E-state index in [9.17, 15) is 13.6 Å². The molecule has 0 heterocycles. The Morgan fingerprint density at radius 3 is 2.48 bits per heavy atom. The summed E-state index contributed by atoms with van der Waals surface area (Å²) in [4.78, 5) is 11.9. The molecule has 0 aliphatic carbocycles. The molecule has 0 aliphatic heterocycles. The van der Waals surface area contributed by atoms with E-state index < -0.39 is 23.6 Å². The molecular weight excluding hydrogens is 300 g/mol. The van der Waals surface area contributed by atoms with Crippen molar-refractivity contribution in [2.45, 2.75) is 13.0 Å². The second kappa shape index (κ2) is 6.54. The zero-order valence-corrected chi connectivity index (χ0v) is 11.8. The first kappa shape index (κ1) is 15.3. The molecule has 0 aromatic heterocycles. The Bertz CT molecular complexity index is 647. The minimum atomic E-state index is -0.851. The second-order valence-corrected chi connectivity index (χ2v) is 4.76. The van der Waals surface area contributed by atoms with E-state index >= 15 is 0 Å². The molecule has 21 heavy (non-hydrogen) atoms. The lowest BCUT2D eigenvalue weighted by Crippen LogP contribution is -2.30. The van der Waals surface area contributed by atoms with E-state index in [4.69, 9.17) is 16.3 Å². The van der Waals surface area contributed by atoms with E-state index in [0.717, 1.165) is 12.1 Å². The highest BCUT2D eigenvalue weighted by atomic mass is 35.5. The number of halogens is 3. The lowest BCUT2D eigenvalue weighted by atomic mass is 10.2. The Hall–Kier alpha value is -2.14. The lowest BCUT2D eigenvalue weighted by Gasteiger charge is -2.15. The fraction of sp³-hybridized carbons (Fsp3) is 0.133. The molecule has 0 bridgehead atoms. The zero-order valence-electron chi connectivity index (χ0n) is 11.1. The molecule has 2 rings (SSSR count). The lowest BCUT2D eigenvalue weighted by molar-refractivity contribution is -0.122. The van der Waals surface area contributed by atoms with Gasteiger partial charge in [-0.25, -0.2) is 8.78 Å². The maximum atomic E-state index is 13.4. The van der Waals surface area contributed by atoms with Crippen molar-refractivity contribution in [1.29, 1.82) is 0 Å². The van der Waals surface area contributed by atoms with Crippen molar-refractivity contribution >= 4 is 23.2 Å². The number of carbonyl (C=O) groups excluding carboxylic acids is 1. The minimum Gasteiger partial charge on any atom is -0.481 e. The number of rotatable bonds is 4. The van der Waals surface area contributed by atoms with E-state index in [1.54, 1.807) is 24.3 Å². The van der Waals surface area contributed by atoms with Crippen LogP contribution in [0.25, 0.3) is 0 Å². The van der Waals surface area contributed by atoms with Gasteiger partial charge in [-0.05, 0) is 43.3 Å². The predicted molar refractivity (Wildman–Crippen MR) is 76.5 cm³/mol. The Balaban J connectivity index is 2.00. The zero-order chi connectivity index (χ0) is 15.4. The number of benzene rings is 2. The molecule has 0 saturated carbocycles. The first-order chi connectivity index (χ1) is 9.95. The van der Waals surface area contributed by atoms with Gasteiger partial charge in [0, 0.05) is 11.1 Å². The van der Waals surface area contributed by atoms with Crippen molar-refractivity contribution in [2.75, 3.05) is 5.32 Å². The van der Waals surface area contributed by atoms with Gasteiger partial charge in [-0.1, -0.05) is 11.6 Å². The van der Waals surface area contributed by atoms with Crippen molar-refractivity contribution in [3.05, 3.63) is 59.1 Å². The van der Waals surface area contributed by atoms with Crippen LogP contribution in [0.2, 0.25) is 5.02 Å². The molecule has 0 unspecified atom stereocenters. The summed E-state index contributed by atoms with van der Waals surface area (Å²) in [5.74, 6) is -1.64. The van der Waals surface area contributed by atoms with Crippen LogP contribution in [0.1, 0.15) is 6.92 Å². The SMILES string of the molecule is C[C@@H](Oc1ccc(Cl)cc1)C(=O)Nc1ccc(F)cc1F. The van der Waals surface area contributed by atoms with Crippen LogP contribution in [-0.2, 0) is 4.79 Å². The summed E-state index contributed by atoms with van der Waals surface area (Å²) in [5.41, 5.74) is -0.104. The molecule has 0 radical (unpaired) electrons. The first-order valence-corrected chi connectivity index (χ1v) is 6.51. The standard InChI is InChI=1S/C15H12ClF2NO2/c1-9(21-12-5-2-10(16)3-6-12)15(20)19-14-7-4-11(17)8-13(14)18/h2-9H,1H3,(H,19,20)/t9-/m1/s1. The molecule has 0 saturated heterocycles. The Kier molecular flexibility index (Phi) is 4.75. The van der Waals surface area contributed by atoms with Crippen molar-refractivity contribution < 1.29 is 18.3 Å². The van der Waals surface area contributed by atoms with Crippen molar-refractivity contribution in [3.63, 3.8) is 0 Å². The molecule has 2 aromatic carbocycles. The van der Waals surface area contributed by atoms with Gasteiger partial charge in [0.1, 0.15) is 17.4 Å². The van der Waals surface area contributed by atoms with E-state index in [0.29, 0.717) is 16.8 Å². The van der Waals surface area contributed by atoms with Gasteiger partial charge in [0.25, 0.3) is 5.91 Å². The minimum absolute atomic E-state index is 0.104. The van der Waals surface area contributed by atoms with Gasteiger partial charge in [0.05, 0.1) is 5.69 Å². The summed E-state index contributed by atoms with van der Waals surface area (Å²) in [5, 5.41) is 2.89. The molecule has 1 atom stereocenters. The normalized spacial score (nSPS) is 11.8. The van der Waals surface area contributed by atoms with Crippen LogP contribution in [0.4, 0.5) is 14.5 Å². The quantitative estimate of drug-likeness (QED) is 0.926. The first-order valence-electron chi connectivity index (χ1n) is 6.14. The average molecular weight is 312 g/mol. The topological polar surface area (TPSA) is 38.3 Å². The predicted octanol–water partition coefficient (Wildman–Crippen LogP) is 4.02. The highest BCUT2D eigenvalue weighted by Crippen LogP contribution is 2.18. The third kappa shape index (κ3) is 4.16. The molecule has 3 nitrogen and oxygen atoms in total. The number of amides is 1. The van der Waals surface area contributed by atoms with Crippen LogP contribution in [0.15, 0.2) is 42.5 Å². The van der Waals surface area contributed by atoms with Crippen molar-refractivity contribution in [2.24, 2.45) is 0 Å². The van der Waals surface area contributed by atoms with Gasteiger partial charge in [0.15, 0.2) is 6.10 Å². The number of ether oxygens (including phenoxy) is 1. The summed E-state index contributed by atoms with van der Waals surface area (Å²) in [6, 6.07) is 9.39. The molecule has 2 aromatic rings. The van der Waals surface area contributed by atoms with E-state index in [-0.39, 0.29) is 5.69 Å². The Labute approximate surface area is 125 Å². The fourth-order valence-electron chi connectivity index (χ4n) is 1.60. The van der Waals surface area contributed by atoms with Gasteiger partial charge < -0.3 is 10.1 Å². The van der Waals surface area contributed by atoms with Crippen molar-refractivity contribution in [3.8, 4) is 5.75 Å². The summed E-state index contributed by atoms with van der Waals surface area (Å²) in [7, 11) is 0. The number of hydrogen-bond acceptors (Lipinski definition) is 2. The molecule has 1 N–H and O–H groups in total. The summed E-state index contributed by atoms with van der Waals surface area (Å²) < 4.78 is 31.6. The molecular formula is C15H12ClF2NO2. The number of hydrogen-bond donors (Lipinski definition) is 1. The molecule has 6 heteroatoms. The molecule has 110 valence electrons. The molecule has 1 amide bonds. The maximum absolute atomic E-state index is 13.4. The Morgan fingerprint density at radius 2 is 1.86 bits per heavy atom. The van der Waals surface area contributed by atoms with Crippen molar-refractivity contribution in [1.82, 2.24) is 0 Å². The van der Waals surface area contributed by atoms with Gasteiger partial charge in [-0.15, -0.1) is 0 Å². The van der Waals surface area contributed by atoms with Crippen LogP contribution < -0.4 is 10.1 Å². The molecule has 0 spiro atoms. The van der Waals surface area contributed by atoms with E-state index in [1.165, 1.54) is 6.92 Å². The number of carbonyl (C=O) groups is 1. The van der Waals surface area contributed by atoms with Gasteiger partial charge >= 0.3 is 0 Å². The van der Waals surface area contributed by atoms with Gasteiger partial charge in [-0.3, -0.25) is 4.79 Å².